The second-order valence-electron chi connectivity index (χ2n) is 4.54. The molecule has 0 aliphatic heterocycles. The van der Waals surface area contributed by atoms with Gasteiger partial charge >= 0.3 is 0 Å². The van der Waals surface area contributed by atoms with Crippen LogP contribution in [0.4, 0.5) is 0 Å². The third kappa shape index (κ3) is 3.09. The Kier molecular flexibility index (Phi) is 4.46. The molecule has 100 valence electrons. The molecule has 2 rings (SSSR count). The molecule has 0 spiro atoms. The predicted molar refractivity (Wildman–Crippen MR) is 80.9 cm³/mol. The Morgan fingerprint density at radius 1 is 1.11 bits per heavy atom. The van der Waals surface area contributed by atoms with Crippen molar-refractivity contribution in [1.29, 1.82) is 0 Å². The molecule has 0 unspecified atom stereocenters. The molecule has 2 aromatic rings. The lowest BCUT2D eigenvalue weighted by molar-refractivity contribution is 0.416. The quantitative estimate of drug-likeness (QED) is 0.909. The third-order valence-corrected chi connectivity index (χ3v) is 3.31. The smallest absolute Gasteiger partial charge is 0.126 e. The molecule has 0 amide bonds. The molecule has 2 nitrogen and oxygen atoms in total. The van der Waals surface area contributed by atoms with E-state index in [1.807, 2.05) is 31.3 Å². The fraction of sp³-hybridized carbons (Fsp3) is 0.250. The molecule has 3 heteroatoms. The van der Waals surface area contributed by atoms with Crippen molar-refractivity contribution in [3.05, 3.63) is 52.5 Å². The number of methoxy groups -OCH3 is 1. The summed E-state index contributed by atoms with van der Waals surface area (Å²) >= 11 is 6.09. The fourth-order valence-corrected chi connectivity index (χ4v) is 2.39. The maximum absolute atomic E-state index is 6.09. The minimum absolute atomic E-state index is 0.751. The minimum Gasteiger partial charge on any atom is -0.496 e. The van der Waals surface area contributed by atoms with Gasteiger partial charge < -0.3 is 10.1 Å². The Bertz CT molecular complexity index is 581. The molecule has 0 aliphatic rings. The van der Waals surface area contributed by atoms with Crippen LogP contribution in [0.5, 0.6) is 5.75 Å². The van der Waals surface area contributed by atoms with Gasteiger partial charge in [0, 0.05) is 17.1 Å². The normalized spacial score (nSPS) is 10.5. The standard InChI is InChI=1S/C16H18ClNO/c1-11-4-7-16(19-3)15(8-11)14-6-5-13(17)9-12(14)10-18-2/h4-9,18H,10H2,1-3H3. The van der Waals surface area contributed by atoms with E-state index in [1.165, 1.54) is 11.1 Å². The Balaban J connectivity index is 2.60. The van der Waals surface area contributed by atoms with Gasteiger partial charge in [0.1, 0.15) is 5.75 Å². The van der Waals surface area contributed by atoms with E-state index in [1.54, 1.807) is 7.11 Å². The summed E-state index contributed by atoms with van der Waals surface area (Å²) in [6.45, 7) is 2.85. The van der Waals surface area contributed by atoms with Crippen molar-refractivity contribution in [3.8, 4) is 16.9 Å². The van der Waals surface area contributed by atoms with Crippen LogP contribution in [-0.2, 0) is 6.54 Å². The molecule has 2 aromatic carbocycles. The number of ether oxygens (including phenoxy) is 1. The SMILES string of the molecule is CNCc1cc(Cl)ccc1-c1cc(C)ccc1OC. The number of nitrogens with one attached hydrogen (secondary N) is 1. The first kappa shape index (κ1) is 13.9. The van der Waals surface area contributed by atoms with Crippen molar-refractivity contribution < 1.29 is 4.74 Å². The lowest BCUT2D eigenvalue weighted by Gasteiger charge is -2.14. The highest BCUT2D eigenvalue weighted by Crippen LogP contribution is 2.34. The molecule has 0 radical (unpaired) electrons. The van der Waals surface area contributed by atoms with Gasteiger partial charge in [0.2, 0.25) is 0 Å². The average Bonchev–Trinajstić information content (AvgIpc) is 2.39. The average molecular weight is 276 g/mol. The van der Waals surface area contributed by atoms with Crippen molar-refractivity contribution in [2.45, 2.75) is 13.5 Å². The summed E-state index contributed by atoms with van der Waals surface area (Å²) in [6, 6.07) is 12.2. The van der Waals surface area contributed by atoms with E-state index in [-0.39, 0.29) is 0 Å². The predicted octanol–water partition coefficient (Wildman–Crippen LogP) is 4.04. The first-order chi connectivity index (χ1) is 9.15. The molecular formula is C16H18ClNO. The van der Waals surface area contributed by atoms with Crippen molar-refractivity contribution in [1.82, 2.24) is 5.32 Å². The topological polar surface area (TPSA) is 21.3 Å². The van der Waals surface area contributed by atoms with Gasteiger partial charge in [-0.05, 0) is 49.4 Å². The number of aryl methyl sites for hydroxylation is 1. The van der Waals surface area contributed by atoms with Crippen LogP contribution >= 0.6 is 11.6 Å². The lowest BCUT2D eigenvalue weighted by Crippen LogP contribution is -2.06. The van der Waals surface area contributed by atoms with Gasteiger partial charge in [-0.1, -0.05) is 29.3 Å². The van der Waals surface area contributed by atoms with Crippen LogP contribution in [0.1, 0.15) is 11.1 Å². The molecule has 0 atom stereocenters. The van der Waals surface area contributed by atoms with E-state index in [4.69, 9.17) is 16.3 Å². The van der Waals surface area contributed by atoms with Crippen molar-refractivity contribution in [2.24, 2.45) is 0 Å². The summed E-state index contributed by atoms with van der Waals surface area (Å²) in [7, 11) is 3.62. The second kappa shape index (κ2) is 6.09. The minimum atomic E-state index is 0.751. The highest BCUT2D eigenvalue weighted by molar-refractivity contribution is 6.30. The summed E-state index contributed by atoms with van der Waals surface area (Å²) in [4.78, 5) is 0. The second-order valence-corrected chi connectivity index (χ2v) is 4.97. The molecule has 0 saturated heterocycles. The van der Waals surface area contributed by atoms with Gasteiger partial charge in [-0.3, -0.25) is 0 Å². The molecule has 0 fully saturated rings. The van der Waals surface area contributed by atoms with Crippen LogP contribution < -0.4 is 10.1 Å². The van der Waals surface area contributed by atoms with Gasteiger partial charge in [0.25, 0.3) is 0 Å². The summed E-state index contributed by atoms with van der Waals surface area (Å²) in [5, 5.41) is 3.92. The largest absolute Gasteiger partial charge is 0.496 e. The first-order valence-electron chi connectivity index (χ1n) is 6.23. The van der Waals surface area contributed by atoms with E-state index in [2.05, 4.69) is 24.4 Å². The van der Waals surface area contributed by atoms with E-state index in [9.17, 15) is 0 Å². The Labute approximate surface area is 119 Å². The summed E-state index contributed by atoms with van der Waals surface area (Å²) in [5.74, 6) is 0.880. The number of hydrogen-bond acceptors (Lipinski definition) is 2. The number of hydrogen-bond donors (Lipinski definition) is 1. The number of halogens is 1. The van der Waals surface area contributed by atoms with Gasteiger partial charge in [-0.15, -0.1) is 0 Å². The summed E-state index contributed by atoms with van der Waals surface area (Å²) in [5.41, 5.74) is 4.63. The van der Waals surface area contributed by atoms with Crippen LogP contribution in [0.3, 0.4) is 0 Å². The van der Waals surface area contributed by atoms with E-state index < -0.39 is 0 Å². The summed E-state index contributed by atoms with van der Waals surface area (Å²) in [6.07, 6.45) is 0. The zero-order valence-corrected chi connectivity index (χ0v) is 12.2. The fourth-order valence-electron chi connectivity index (χ4n) is 2.19. The Morgan fingerprint density at radius 2 is 1.89 bits per heavy atom. The van der Waals surface area contributed by atoms with Crippen LogP contribution in [0, 0.1) is 6.92 Å². The Morgan fingerprint density at radius 3 is 2.58 bits per heavy atom. The summed E-state index contributed by atoms with van der Waals surface area (Å²) < 4.78 is 5.46. The molecule has 19 heavy (non-hydrogen) atoms. The third-order valence-electron chi connectivity index (χ3n) is 3.08. The Hall–Kier alpha value is -1.51. The number of benzene rings is 2. The monoisotopic (exact) mass is 275 g/mol. The molecular weight excluding hydrogens is 258 g/mol. The van der Waals surface area contributed by atoms with Crippen LogP contribution in [-0.4, -0.2) is 14.2 Å². The van der Waals surface area contributed by atoms with Gasteiger partial charge in [-0.25, -0.2) is 0 Å². The van der Waals surface area contributed by atoms with E-state index in [0.717, 1.165) is 28.4 Å². The highest BCUT2D eigenvalue weighted by Gasteiger charge is 2.10. The molecule has 0 aromatic heterocycles. The highest BCUT2D eigenvalue weighted by atomic mass is 35.5. The van der Waals surface area contributed by atoms with Crippen LogP contribution in [0.15, 0.2) is 36.4 Å². The van der Waals surface area contributed by atoms with Crippen molar-refractivity contribution >= 4 is 11.6 Å². The van der Waals surface area contributed by atoms with Crippen molar-refractivity contribution in [3.63, 3.8) is 0 Å². The van der Waals surface area contributed by atoms with Crippen LogP contribution in [0.25, 0.3) is 11.1 Å². The molecule has 0 aliphatic carbocycles. The molecule has 0 bridgehead atoms. The number of rotatable bonds is 4. The van der Waals surface area contributed by atoms with Crippen LogP contribution in [0.2, 0.25) is 5.02 Å². The van der Waals surface area contributed by atoms with Crippen molar-refractivity contribution in [2.75, 3.05) is 14.2 Å². The zero-order chi connectivity index (χ0) is 13.8. The maximum Gasteiger partial charge on any atom is 0.126 e. The zero-order valence-electron chi connectivity index (χ0n) is 11.5. The molecule has 0 heterocycles. The molecule has 0 saturated carbocycles. The van der Waals surface area contributed by atoms with Gasteiger partial charge in [0.15, 0.2) is 0 Å². The van der Waals surface area contributed by atoms with Gasteiger partial charge in [-0.2, -0.15) is 0 Å². The lowest BCUT2D eigenvalue weighted by atomic mass is 9.97. The first-order valence-corrected chi connectivity index (χ1v) is 6.61. The molecule has 1 N–H and O–H groups in total. The van der Waals surface area contributed by atoms with E-state index in [0.29, 0.717) is 0 Å². The maximum atomic E-state index is 6.09. The van der Waals surface area contributed by atoms with E-state index >= 15 is 0 Å². The van der Waals surface area contributed by atoms with Gasteiger partial charge in [0.05, 0.1) is 7.11 Å².